The summed E-state index contributed by atoms with van der Waals surface area (Å²) in [6, 6.07) is 1.69. The van der Waals surface area contributed by atoms with Gasteiger partial charge in [-0.2, -0.15) is 0 Å². The first kappa shape index (κ1) is 12.2. The van der Waals surface area contributed by atoms with Gasteiger partial charge in [-0.1, -0.05) is 0 Å². The molecule has 1 aromatic rings. The van der Waals surface area contributed by atoms with Crippen LogP contribution in [-0.2, 0) is 9.84 Å². The second-order valence-electron chi connectivity index (χ2n) is 3.12. The summed E-state index contributed by atoms with van der Waals surface area (Å²) in [5.74, 6) is 0.207. The van der Waals surface area contributed by atoms with E-state index in [9.17, 15) is 13.2 Å². The molecule has 0 spiro atoms. The largest absolute Gasteiger partial charge is 0.495 e. The molecule has 0 radical (unpaired) electrons. The summed E-state index contributed by atoms with van der Waals surface area (Å²) in [5.41, 5.74) is 0. The number of carbonyl (C=O) groups excluding carboxylic acids is 1. The second-order valence-corrected chi connectivity index (χ2v) is 6.30. The molecule has 0 amide bonds. The van der Waals surface area contributed by atoms with Crippen LogP contribution in [0.5, 0.6) is 5.75 Å². The van der Waals surface area contributed by atoms with E-state index >= 15 is 0 Å². The minimum atomic E-state index is -3.09. The maximum Gasteiger partial charge on any atom is 0.177 e. The molecular formula is C9H12O4S2. The number of carbonyl (C=O) groups is 1. The van der Waals surface area contributed by atoms with Gasteiger partial charge in [0, 0.05) is 12.7 Å². The zero-order valence-electron chi connectivity index (χ0n) is 8.52. The normalized spacial score (nSPS) is 11.3. The van der Waals surface area contributed by atoms with E-state index in [0.29, 0.717) is 10.6 Å². The van der Waals surface area contributed by atoms with Crippen molar-refractivity contribution in [3.05, 3.63) is 16.3 Å². The van der Waals surface area contributed by atoms with E-state index in [2.05, 4.69) is 0 Å². The van der Waals surface area contributed by atoms with Crippen LogP contribution in [0.1, 0.15) is 16.1 Å². The molecule has 0 atom stereocenters. The Hall–Kier alpha value is -0.880. The highest BCUT2D eigenvalue weighted by molar-refractivity contribution is 7.90. The van der Waals surface area contributed by atoms with E-state index in [1.165, 1.54) is 18.4 Å². The maximum atomic E-state index is 11.6. The standard InChI is InChI=1S/C9H12O4S2/c1-13-8-3-5-14-9(8)7(10)4-6-15(2,11)12/h3,5H,4,6H2,1-2H3. The highest BCUT2D eigenvalue weighted by atomic mass is 32.2. The molecule has 1 aromatic heterocycles. The van der Waals surface area contributed by atoms with Gasteiger partial charge in [0.1, 0.15) is 20.5 Å². The van der Waals surface area contributed by atoms with Crippen molar-refractivity contribution >= 4 is 27.0 Å². The van der Waals surface area contributed by atoms with E-state index < -0.39 is 9.84 Å². The Morgan fingerprint density at radius 2 is 2.20 bits per heavy atom. The van der Waals surface area contributed by atoms with Crippen molar-refractivity contribution in [2.75, 3.05) is 19.1 Å². The molecule has 1 rings (SSSR count). The summed E-state index contributed by atoms with van der Waals surface area (Å²) in [7, 11) is -1.61. The number of hydrogen-bond donors (Lipinski definition) is 0. The molecule has 0 aromatic carbocycles. The predicted molar refractivity (Wildman–Crippen MR) is 59.5 cm³/mol. The lowest BCUT2D eigenvalue weighted by Crippen LogP contribution is -2.09. The highest BCUT2D eigenvalue weighted by Crippen LogP contribution is 2.25. The average Bonchev–Trinajstić information content (AvgIpc) is 2.60. The van der Waals surface area contributed by atoms with Crippen LogP contribution in [0.4, 0.5) is 0 Å². The third-order valence-electron chi connectivity index (χ3n) is 1.80. The number of ketones is 1. The van der Waals surface area contributed by atoms with Crippen molar-refractivity contribution in [3.63, 3.8) is 0 Å². The van der Waals surface area contributed by atoms with E-state index in [1.54, 1.807) is 11.4 Å². The molecule has 0 unspecified atom stereocenters. The summed E-state index contributed by atoms with van der Waals surface area (Å²) in [4.78, 5) is 12.1. The van der Waals surface area contributed by atoms with Crippen molar-refractivity contribution in [1.29, 1.82) is 0 Å². The topological polar surface area (TPSA) is 60.4 Å². The van der Waals surface area contributed by atoms with Crippen molar-refractivity contribution in [2.45, 2.75) is 6.42 Å². The number of Topliss-reactive ketones (excluding diaryl/α,β-unsaturated/α-hetero) is 1. The van der Waals surface area contributed by atoms with Gasteiger partial charge in [0.2, 0.25) is 0 Å². The van der Waals surface area contributed by atoms with Crippen LogP contribution in [-0.4, -0.2) is 33.3 Å². The molecular weight excluding hydrogens is 236 g/mol. The minimum absolute atomic E-state index is 0.00963. The zero-order valence-corrected chi connectivity index (χ0v) is 10.2. The Kier molecular flexibility index (Phi) is 3.87. The predicted octanol–water partition coefficient (Wildman–Crippen LogP) is 1.37. The molecule has 0 aliphatic rings. The Labute approximate surface area is 92.8 Å². The van der Waals surface area contributed by atoms with E-state index in [1.807, 2.05) is 0 Å². The van der Waals surface area contributed by atoms with Gasteiger partial charge in [0.05, 0.1) is 12.9 Å². The molecule has 4 nitrogen and oxygen atoms in total. The third-order valence-corrected chi connectivity index (χ3v) is 3.68. The van der Waals surface area contributed by atoms with Gasteiger partial charge in [-0.25, -0.2) is 8.42 Å². The summed E-state index contributed by atoms with van der Waals surface area (Å²) < 4.78 is 26.7. The number of thiophene rings is 1. The molecule has 1 heterocycles. The Balaban J connectivity index is 2.70. The van der Waals surface area contributed by atoms with Gasteiger partial charge >= 0.3 is 0 Å². The first-order chi connectivity index (χ1) is 6.94. The first-order valence-corrected chi connectivity index (χ1v) is 7.20. The lowest BCUT2D eigenvalue weighted by Gasteiger charge is -2.00. The van der Waals surface area contributed by atoms with Crippen molar-refractivity contribution in [3.8, 4) is 5.75 Å². The zero-order chi connectivity index (χ0) is 11.5. The summed E-state index contributed by atoms with van der Waals surface area (Å²) in [6.45, 7) is 0. The number of hydrogen-bond acceptors (Lipinski definition) is 5. The fraction of sp³-hybridized carbons (Fsp3) is 0.444. The molecule has 0 saturated carbocycles. The number of rotatable bonds is 5. The molecule has 0 aliphatic carbocycles. The fourth-order valence-electron chi connectivity index (χ4n) is 1.05. The number of sulfone groups is 1. The molecule has 15 heavy (non-hydrogen) atoms. The molecule has 6 heteroatoms. The quantitative estimate of drug-likeness (QED) is 0.738. The van der Waals surface area contributed by atoms with Crippen molar-refractivity contribution in [2.24, 2.45) is 0 Å². The molecule has 0 aliphatic heterocycles. The van der Waals surface area contributed by atoms with Gasteiger partial charge in [-0.05, 0) is 11.4 Å². The smallest absolute Gasteiger partial charge is 0.177 e. The molecule has 0 fully saturated rings. The van der Waals surface area contributed by atoms with Gasteiger partial charge in [0.15, 0.2) is 5.78 Å². The summed E-state index contributed by atoms with van der Waals surface area (Å²) in [6.07, 6.45) is 1.13. The summed E-state index contributed by atoms with van der Waals surface area (Å²) in [5, 5.41) is 1.74. The fourth-order valence-corrected chi connectivity index (χ4v) is 2.44. The summed E-state index contributed by atoms with van der Waals surface area (Å²) >= 11 is 1.26. The van der Waals surface area contributed by atoms with Crippen LogP contribution >= 0.6 is 11.3 Å². The van der Waals surface area contributed by atoms with Crippen LogP contribution in [0.3, 0.4) is 0 Å². The maximum absolute atomic E-state index is 11.6. The third kappa shape index (κ3) is 3.64. The molecule has 0 saturated heterocycles. The van der Waals surface area contributed by atoms with Crippen LogP contribution in [0, 0.1) is 0 Å². The van der Waals surface area contributed by atoms with Crippen molar-refractivity contribution < 1.29 is 17.9 Å². The van der Waals surface area contributed by atoms with E-state index in [0.717, 1.165) is 6.26 Å². The van der Waals surface area contributed by atoms with Gasteiger partial charge < -0.3 is 4.74 Å². The van der Waals surface area contributed by atoms with Crippen molar-refractivity contribution in [1.82, 2.24) is 0 Å². The molecule has 84 valence electrons. The SMILES string of the molecule is COc1ccsc1C(=O)CCS(C)(=O)=O. The van der Waals surface area contributed by atoms with Gasteiger partial charge in [-0.15, -0.1) is 11.3 Å². The van der Waals surface area contributed by atoms with E-state index in [4.69, 9.17) is 4.74 Å². The van der Waals surface area contributed by atoms with Crippen LogP contribution < -0.4 is 4.74 Å². The monoisotopic (exact) mass is 248 g/mol. The van der Waals surface area contributed by atoms with Crippen LogP contribution in [0.15, 0.2) is 11.4 Å². The number of methoxy groups -OCH3 is 1. The second kappa shape index (κ2) is 4.76. The first-order valence-electron chi connectivity index (χ1n) is 4.26. The minimum Gasteiger partial charge on any atom is -0.495 e. The highest BCUT2D eigenvalue weighted by Gasteiger charge is 2.15. The lowest BCUT2D eigenvalue weighted by molar-refractivity contribution is 0.0990. The molecule has 0 bridgehead atoms. The van der Waals surface area contributed by atoms with E-state index in [-0.39, 0.29) is 18.0 Å². The average molecular weight is 248 g/mol. The Morgan fingerprint density at radius 1 is 1.53 bits per heavy atom. The molecule has 0 N–H and O–H groups in total. The lowest BCUT2D eigenvalue weighted by atomic mass is 10.2. The van der Waals surface area contributed by atoms with Gasteiger partial charge in [-0.3, -0.25) is 4.79 Å². The Morgan fingerprint density at radius 3 is 2.73 bits per heavy atom. The van der Waals surface area contributed by atoms with Crippen LogP contribution in [0.25, 0.3) is 0 Å². The van der Waals surface area contributed by atoms with Crippen LogP contribution in [0.2, 0.25) is 0 Å². The van der Waals surface area contributed by atoms with Gasteiger partial charge in [0.25, 0.3) is 0 Å². The number of ether oxygens (including phenoxy) is 1. The Bertz CT molecular complexity index is 444.